The summed E-state index contributed by atoms with van der Waals surface area (Å²) < 4.78 is 20.6. The highest BCUT2D eigenvalue weighted by molar-refractivity contribution is 7.43. The standard InChI is InChI=1S/C42H41O3P/c1-26-20-33-39-36(22-26)44-46(43-35-17-10-8-13-30(35)19-18-29-15-11-14-28-12-7-9-16-32(28)29)45-37-23-27(2)21-34-40(37)38(39)31(24-41(33,3)4)25-42(34,5)6/h7-23,31,38H,24-25H2,1-6H3/b19-18+. The number of hydrogen-bond acceptors (Lipinski definition) is 3. The van der Waals surface area contributed by atoms with Crippen LogP contribution in [-0.2, 0) is 10.8 Å². The molecule has 0 fully saturated rings. The first-order chi connectivity index (χ1) is 22.1. The van der Waals surface area contributed by atoms with Gasteiger partial charge in [-0.05, 0) is 100 Å². The largest absolute Gasteiger partial charge is 0.530 e. The molecule has 1 heterocycles. The maximum absolute atomic E-state index is 6.89. The van der Waals surface area contributed by atoms with Crippen molar-refractivity contribution in [3.8, 4) is 17.2 Å². The zero-order valence-corrected chi connectivity index (χ0v) is 28.5. The molecule has 8 rings (SSSR count). The van der Waals surface area contributed by atoms with Crippen molar-refractivity contribution >= 4 is 31.5 Å². The first kappa shape index (κ1) is 29.3. The number of rotatable bonds is 4. The van der Waals surface area contributed by atoms with E-state index < -0.39 is 8.60 Å². The van der Waals surface area contributed by atoms with Crippen LogP contribution >= 0.6 is 8.60 Å². The molecule has 0 aromatic heterocycles. The third-order valence-electron chi connectivity index (χ3n) is 10.4. The van der Waals surface area contributed by atoms with Gasteiger partial charge in [0.1, 0.15) is 17.2 Å². The van der Waals surface area contributed by atoms with E-state index in [9.17, 15) is 0 Å². The van der Waals surface area contributed by atoms with Gasteiger partial charge in [-0.15, -0.1) is 0 Å². The third-order valence-corrected chi connectivity index (χ3v) is 11.4. The summed E-state index contributed by atoms with van der Waals surface area (Å²) in [6.07, 6.45) is 6.59. The highest BCUT2D eigenvalue weighted by Crippen LogP contribution is 2.63. The second-order valence-electron chi connectivity index (χ2n) is 14.8. The van der Waals surface area contributed by atoms with Gasteiger partial charge in [0.05, 0.1) is 0 Å². The highest BCUT2D eigenvalue weighted by atomic mass is 31.2. The smallest absolute Gasteiger partial charge is 0.408 e. The molecule has 0 unspecified atom stereocenters. The van der Waals surface area contributed by atoms with Crippen molar-refractivity contribution < 1.29 is 13.6 Å². The van der Waals surface area contributed by atoms with Gasteiger partial charge in [-0.3, -0.25) is 0 Å². The Morgan fingerprint density at radius 2 is 1.22 bits per heavy atom. The van der Waals surface area contributed by atoms with E-state index in [2.05, 4.69) is 126 Å². The summed E-state index contributed by atoms with van der Waals surface area (Å²) in [5.41, 5.74) is 10.1. The molecule has 0 atom stereocenters. The number of aryl methyl sites for hydroxylation is 2. The minimum Gasteiger partial charge on any atom is -0.408 e. The summed E-state index contributed by atoms with van der Waals surface area (Å²) in [4.78, 5) is 0. The first-order valence-corrected chi connectivity index (χ1v) is 17.6. The Hall–Kier alpha value is -4.07. The van der Waals surface area contributed by atoms with E-state index in [0.29, 0.717) is 5.92 Å². The van der Waals surface area contributed by atoms with E-state index >= 15 is 0 Å². The average Bonchev–Trinajstić information content (AvgIpc) is 3.00. The first-order valence-electron chi connectivity index (χ1n) is 16.5. The van der Waals surface area contributed by atoms with Crippen molar-refractivity contribution in [3.05, 3.63) is 136 Å². The highest BCUT2D eigenvalue weighted by Gasteiger charge is 2.50. The molecule has 0 bridgehead atoms. The van der Waals surface area contributed by atoms with E-state index in [-0.39, 0.29) is 16.7 Å². The van der Waals surface area contributed by atoms with Crippen LogP contribution in [0.25, 0.3) is 22.9 Å². The molecule has 0 saturated heterocycles. The van der Waals surface area contributed by atoms with Crippen LogP contribution in [0.5, 0.6) is 17.2 Å². The van der Waals surface area contributed by atoms with E-state index in [1.165, 1.54) is 49.7 Å². The Kier molecular flexibility index (Phi) is 6.85. The van der Waals surface area contributed by atoms with Crippen molar-refractivity contribution in [1.29, 1.82) is 0 Å². The lowest BCUT2D eigenvalue weighted by Crippen LogP contribution is -2.41. The van der Waals surface area contributed by atoms with E-state index in [1.807, 2.05) is 18.2 Å². The predicted molar refractivity (Wildman–Crippen MR) is 191 cm³/mol. The van der Waals surface area contributed by atoms with Gasteiger partial charge in [-0.1, -0.05) is 113 Å². The van der Waals surface area contributed by atoms with Crippen LogP contribution in [0.1, 0.15) is 91.0 Å². The van der Waals surface area contributed by atoms with E-state index in [1.54, 1.807) is 0 Å². The molecule has 0 saturated carbocycles. The van der Waals surface area contributed by atoms with Gasteiger partial charge in [0.15, 0.2) is 0 Å². The van der Waals surface area contributed by atoms with Crippen molar-refractivity contribution in [2.75, 3.05) is 0 Å². The van der Waals surface area contributed by atoms with E-state index in [4.69, 9.17) is 13.6 Å². The van der Waals surface area contributed by atoms with Crippen molar-refractivity contribution in [1.82, 2.24) is 0 Å². The van der Waals surface area contributed by atoms with Gasteiger partial charge in [0, 0.05) is 22.6 Å². The van der Waals surface area contributed by atoms with Crippen LogP contribution in [0, 0.1) is 19.8 Å². The molecule has 4 heteroatoms. The molecule has 3 aliphatic rings. The fourth-order valence-corrected chi connectivity index (χ4v) is 9.53. The normalized spacial score (nSPS) is 21.9. The molecule has 0 spiro atoms. The van der Waals surface area contributed by atoms with Crippen LogP contribution in [-0.4, -0.2) is 0 Å². The summed E-state index contributed by atoms with van der Waals surface area (Å²) in [6, 6.07) is 32.2. The van der Waals surface area contributed by atoms with Crippen LogP contribution in [0.3, 0.4) is 0 Å². The predicted octanol–water partition coefficient (Wildman–Crippen LogP) is 11.8. The van der Waals surface area contributed by atoms with Gasteiger partial charge in [-0.2, -0.15) is 0 Å². The lowest BCUT2D eigenvalue weighted by Gasteiger charge is -2.51. The zero-order valence-electron chi connectivity index (χ0n) is 27.6. The van der Waals surface area contributed by atoms with Gasteiger partial charge >= 0.3 is 8.60 Å². The van der Waals surface area contributed by atoms with Gasteiger partial charge in [0.2, 0.25) is 0 Å². The maximum Gasteiger partial charge on any atom is 0.530 e. The fourth-order valence-electron chi connectivity index (χ4n) is 8.47. The molecule has 0 N–H and O–H groups in total. The second kappa shape index (κ2) is 10.7. The minimum absolute atomic E-state index is 0.0434. The van der Waals surface area contributed by atoms with Crippen molar-refractivity contribution in [2.45, 2.75) is 71.1 Å². The Morgan fingerprint density at radius 3 is 1.89 bits per heavy atom. The number of para-hydroxylation sites is 1. The third kappa shape index (κ3) is 4.92. The van der Waals surface area contributed by atoms with Crippen LogP contribution in [0.2, 0.25) is 0 Å². The summed E-state index contributed by atoms with van der Waals surface area (Å²) in [5, 5.41) is 2.45. The second-order valence-corrected chi connectivity index (χ2v) is 15.8. The molecule has 2 aliphatic carbocycles. The van der Waals surface area contributed by atoms with Crippen LogP contribution in [0.15, 0.2) is 91.0 Å². The topological polar surface area (TPSA) is 27.7 Å². The van der Waals surface area contributed by atoms with Crippen LogP contribution in [0.4, 0.5) is 0 Å². The zero-order chi connectivity index (χ0) is 31.8. The molecule has 1 aliphatic heterocycles. The maximum atomic E-state index is 6.89. The lowest BCUT2D eigenvalue weighted by atomic mass is 9.53. The Balaban J connectivity index is 1.24. The van der Waals surface area contributed by atoms with Gasteiger partial charge in [0.25, 0.3) is 0 Å². The SMILES string of the molecule is Cc1cc2c3c(c1)C(C)(C)CC1CC(C)(C)c4cc(C)cc(c4C31)OP(Oc1ccccc1/C=C/c1cccc3ccccc13)O2. The summed E-state index contributed by atoms with van der Waals surface area (Å²) in [7, 11) is -1.81. The molecule has 232 valence electrons. The Morgan fingerprint density at radius 1 is 0.674 bits per heavy atom. The number of fused-ring (bicyclic) bond motifs is 1. The quantitative estimate of drug-likeness (QED) is 0.147. The molecular formula is C42H41O3P. The summed E-state index contributed by atoms with van der Waals surface area (Å²) in [6.45, 7) is 14.0. The average molecular weight is 625 g/mol. The molecule has 0 amide bonds. The summed E-state index contributed by atoms with van der Waals surface area (Å²) >= 11 is 0. The van der Waals surface area contributed by atoms with Crippen LogP contribution < -0.4 is 13.6 Å². The molecular weight excluding hydrogens is 583 g/mol. The summed E-state index contributed by atoms with van der Waals surface area (Å²) in [5.74, 6) is 3.30. The Bertz CT molecular complexity index is 1950. The van der Waals surface area contributed by atoms with Crippen molar-refractivity contribution in [3.63, 3.8) is 0 Å². The van der Waals surface area contributed by atoms with Gasteiger partial charge < -0.3 is 13.6 Å². The molecule has 5 aromatic carbocycles. The number of hydrogen-bond donors (Lipinski definition) is 0. The lowest BCUT2D eigenvalue weighted by molar-refractivity contribution is 0.216. The van der Waals surface area contributed by atoms with Gasteiger partial charge in [-0.25, -0.2) is 0 Å². The molecule has 5 aromatic rings. The molecule has 46 heavy (non-hydrogen) atoms. The monoisotopic (exact) mass is 624 g/mol. The molecule has 0 radical (unpaired) electrons. The number of benzene rings is 5. The van der Waals surface area contributed by atoms with Crippen molar-refractivity contribution in [2.24, 2.45) is 5.92 Å². The van der Waals surface area contributed by atoms with E-state index in [0.717, 1.165) is 35.7 Å². The fraction of sp³-hybridized carbons (Fsp3) is 0.286. The Labute approximate surface area is 274 Å². The molecule has 3 nitrogen and oxygen atoms in total. The minimum atomic E-state index is -1.81.